The molecule has 9 heteroatoms. The Hall–Kier alpha value is -3.67. The van der Waals surface area contributed by atoms with E-state index in [1.54, 1.807) is 6.07 Å². The molecule has 0 radical (unpaired) electrons. The van der Waals surface area contributed by atoms with Crippen LogP contribution in [0, 0.1) is 28.4 Å². The van der Waals surface area contributed by atoms with Crippen LogP contribution < -0.4 is 10.3 Å². The normalized spacial score (nSPS) is 10.1. The molecule has 0 fully saturated rings. The summed E-state index contributed by atoms with van der Waals surface area (Å²) in [5.74, 6) is -0.972. The van der Waals surface area contributed by atoms with E-state index in [-0.39, 0.29) is 28.1 Å². The average Bonchev–Trinajstić information content (AvgIpc) is 2.59. The first kappa shape index (κ1) is 17.7. The summed E-state index contributed by atoms with van der Waals surface area (Å²) in [6.07, 6.45) is 0. The minimum Gasteiger partial charge on any atom is -0.494 e. The van der Waals surface area contributed by atoms with Crippen LogP contribution in [0.25, 0.3) is 0 Å². The van der Waals surface area contributed by atoms with Crippen LogP contribution in [0.4, 0.5) is 5.69 Å². The molecule has 0 aliphatic carbocycles. The number of pyridine rings is 1. The first-order valence-corrected chi connectivity index (χ1v) is 7.01. The number of aromatic nitrogens is 1. The monoisotopic (exact) mass is 343 g/mol. The van der Waals surface area contributed by atoms with E-state index in [2.05, 4.69) is 0 Å². The summed E-state index contributed by atoms with van der Waals surface area (Å²) < 4.78 is 6.07. The van der Waals surface area contributed by atoms with E-state index in [9.17, 15) is 24.8 Å². The highest BCUT2D eigenvalue weighted by Crippen LogP contribution is 2.22. The average molecular weight is 343 g/mol. The van der Waals surface area contributed by atoms with Gasteiger partial charge < -0.3 is 9.84 Å². The van der Waals surface area contributed by atoms with E-state index in [0.29, 0.717) is 0 Å². The number of nitriles is 1. The molecule has 1 heterocycles. The Kier molecular flexibility index (Phi) is 4.84. The fourth-order valence-electron chi connectivity index (χ4n) is 2.24. The lowest BCUT2D eigenvalue weighted by Gasteiger charge is -2.12. The Morgan fingerprint density at radius 3 is 2.52 bits per heavy atom. The summed E-state index contributed by atoms with van der Waals surface area (Å²) in [7, 11) is 1.24. The molecule has 25 heavy (non-hydrogen) atoms. The van der Waals surface area contributed by atoms with Gasteiger partial charge in [-0.15, -0.1) is 0 Å². The number of Topliss-reactive ketones (excluding diaryl/α,β-unsaturated/α-hetero) is 1. The van der Waals surface area contributed by atoms with Crippen LogP contribution in [0.2, 0.25) is 0 Å². The van der Waals surface area contributed by atoms with Gasteiger partial charge in [0.05, 0.1) is 10.5 Å². The van der Waals surface area contributed by atoms with Gasteiger partial charge in [0.25, 0.3) is 11.2 Å². The molecular formula is C16H13N3O6. The van der Waals surface area contributed by atoms with Crippen LogP contribution in [0.3, 0.4) is 0 Å². The number of hydrogen-bond acceptors (Lipinski definition) is 7. The van der Waals surface area contributed by atoms with Crippen molar-refractivity contribution in [3.63, 3.8) is 0 Å². The Labute approximate surface area is 141 Å². The number of nitro benzene ring substituents is 1. The highest BCUT2D eigenvalue weighted by atomic mass is 16.6. The van der Waals surface area contributed by atoms with Crippen LogP contribution in [-0.4, -0.2) is 27.0 Å². The first-order chi connectivity index (χ1) is 11.8. The number of nitro groups is 1. The molecule has 0 spiro atoms. The molecule has 2 aromatic rings. The van der Waals surface area contributed by atoms with Crippen molar-refractivity contribution in [3.05, 3.63) is 61.4 Å². The highest BCUT2D eigenvalue weighted by molar-refractivity contribution is 6.01. The third kappa shape index (κ3) is 3.32. The maximum Gasteiger partial charge on any atom is 0.271 e. The van der Waals surface area contributed by atoms with Crippen LogP contribution in [0.15, 0.2) is 29.1 Å². The lowest BCUT2D eigenvalue weighted by Crippen LogP contribution is -2.25. The van der Waals surface area contributed by atoms with E-state index in [0.717, 1.165) is 4.57 Å². The lowest BCUT2D eigenvalue weighted by molar-refractivity contribution is -0.384. The molecule has 0 bridgehead atoms. The van der Waals surface area contributed by atoms with Crippen molar-refractivity contribution in [2.24, 2.45) is 7.05 Å². The fourth-order valence-corrected chi connectivity index (χ4v) is 2.24. The summed E-state index contributed by atoms with van der Waals surface area (Å²) in [6.45, 7) is 0.911. The maximum atomic E-state index is 12.3. The maximum absolute atomic E-state index is 12.3. The standard InChI is InChI=1S/C16H13N3O6/c1-9-12(7-17)15(21)18(2)16(22)14(9)13(20)8-25-11-5-3-10(4-6-11)19(23)24/h3-6,22H,8H2,1-2H3. The second-order valence-corrected chi connectivity index (χ2v) is 5.14. The molecular weight excluding hydrogens is 330 g/mol. The van der Waals surface area contributed by atoms with Gasteiger partial charge in [0, 0.05) is 19.2 Å². The number of nitrogens with zero attached hydrogens (tertiary/aromatic N) is 3. The highest BCUT2D eigenvalue weighted by Gasteiger charge is 2.22. The topological polar surface area (TPSA) is 135 Å². The smallest absolute Gasteiger partial charge is 0.271 e. The number of ether oxygens (including phenoxy) is 1. The Morgan fingerprint density at radius 2 is 2.00 bits per heavy atom. The second-order valence-electron chi connectivity index (χ2n) is 5.14. The van der Waals surface area contributed by atoms with Gasteiger partial charge >= 0.3 is 0 Å². The third-order valence-electron chi connectivity index (χ3n) is 3.62. The Balaban J connectivity index is 2.27. The summed E-state index contributed by atoms with van der Waals surface area (Å²) in [4.78, 5) is 34.2. The van der Waals surface area contributed by atoms with Crippen molar-refractivity contribution in [1.29, 1.82) is 5.26 Å². The molecule has 0 aliphatic rings. The van der Waals surface area contributed by atoms with E-state index in [1.807, 2.05) is 0 Å². The van der Waals surface area contributed by atoms with Gasteiger partial charge in [-0.25, -0.2) is 0 Å². The minimum absolute atomic E-state index is 0.0698. The largest absolute Gasteiger partial charge is 0.494 e. The van der Waals surface area contributed by atoms with Crippen molar-refractivity contribution < 1.29 is 19.6 Å². The van der Waals surface area contributed by atoms with Gasteiger partial charge in [-0.3, -0.25) is 24.3 Å². The molecule has 1 aromatic heterocycles. The van der Waals surface area contributed by atoms with E-state index < -0.39 is 28.8 Å². The minimum atomic E-state index is -0.703. The number of benzene rings is 1. The third-order valence-corrected chi connectivity index (χ3v) is 3.62. The number of carbonyl (C=O) groups excluding carboxylic acids is 1. The zero-order chi connectivity index (χ0) is 18.7. The SMILES string of the molecule is Cc1c(C(=O)COc2ccc([N+](=O)[O-])cc2)c(O)n(C)c(=O)c1C#N. The molecule has 0 unspecified atom stereocenters. The zero-order valence-corrected chi connectivity index (χ0v) is 13.3. The molecule has 9 nitrogen and oxygen atoms in total. The van der Waals surface area contributed by atoms with Crippen LogP contribution >= 0.6 is 0 Å². The Morgan fingerprint density at radius 1 is 1.40 bits per heavy atom. The molecule has 0 saturated heterocycles. The first-order valence-electron chi connectivity index (χ1n) is 7.01. The van der Waals surface area contributed by atoms with E-state index in [1.165, 1.54) is 38.2 Å². The number of aromatic hydroxyl groups is 1. The van der Waals surface area contributed by atoms with Crippen molar-refractivity contribution in [2.75, 3.05) is 6.61 Å². The number of rotatable bonds is 5. The van der Waals surface area contributed by atoms with Gasteiger partial charge in [-0.1, -0.05) is 0 Å². The molecule has 0 atom stereocenters. The van der Waals surface area contributed by atoms with Crippen molar-refractivity contribution in [2.45, 2.75) is 6.92 Å². The van der Waals surface area contributed by atoms with Crippen molar-refractivity contribution in [1.82, 2.24) is 4.57 Å². The summed E-state index contributed by atoms with van der Waals surface area (Å²) in [5, 5.41) is 29.7. The molecule has 1 aromatic carbocycles. The van der Waals surface area contributed by atoms with Gasteiger partial charge in [0.15, 0.2) is 6.61 Å². The molecule has 128 valence electrons. The number of non-ortho nitro benzene ring substituents is 1. The van der Waals surface area contributed by atoms with Crippen molar-refractivity contribution in [3.8, 4) is 17.7 Å². The summed E-state index contributed by atoms with van der Waals surface area (Å²) in [6, 6.07) is 6.83. The summed E-state index contributed by atoms with van der Waals surface area (Å²) in [5.41, 5.74) is -1.17. The van der Waals surface area contributed by atoms with Crippen LogP contribution in [0.1, 0.15) is 21.5 Å². The van der Waals surface area contributed by atoms with E-state index in [4.69, 9.17) is 10.00 Å². The van der Waals surface area contributed by atoms with Gasteiger partial charge in [0.1, 0.15) is 17.4 Å². The number of hydrogen-bond donors (Lipinski definition) is 1. The molecule has 1 N–H and O–H groups in total. The fraction of sp³-hybridized carbons (Fsp3) is 0.188. The van der Waals surface area contributed by atoms with Gasteiger partial charge in [-0.05, 0) is 24.6 Å². The van der Waals surface area contributed by atoms with Gasteiger partial charge in [-0.2, -0.15) is 5.26 Å². The lowest BCUT2D eigenvalue weighted by atomic mass is 10.0. The molecule has 0 saturated carbocycles. The van der Waals surface area contributed by atoms with Gasteiger partial charge in [0.2, 0.25) is 11.7 Å². The molecule has 2 rings (SSSR count). The number of carbonyl (C=O) groups is 1. The second kappa shape index (κ2) is 6.84. The quantitative estimate of drug-likeness (QED) is 0.493. The van der Waals surface area contributed by atoms with Crippen LogP contribution in [-0.2, 0) is 7.05 Å². The molecule has 0 aliphatic heterocycles. The molecule has 0 amide bonds. The van der Waals surface area contributed by atoms with E-state index >= 15 is 0 Å². The van der Waals surface area contributed by atoms with Crippen molar-refractivity contribution >= 4 is 11.5 Å². The Bertz CT molecular complexity index is 954. The number of ketones is 1. The van der Waals surface area contributed by atoms with Crippen LogP contribution in [0.5, 0.6) is 11.6 Å². The predicted molar refractivity (Wildman–Crippen MR) is 85.7 cm³/mol. The predicted octanol–water partition coefficient (Wildman–Crippen LogP) is 1.44. The summed E-state index contributed by atoms with van der Waals surface area (Å²) >= 11 is 0. The zero-order valence-electron chi connectivity index (χ0n) is 13.3.